The van der Waals surface area contributed by atoms with Crippen molar-refractivity contribution in [3.05, 3.63) is 51.9 Å². The summed E-state index contributed by atoms with van der Waals surface area (Å²) in [5.74, 6) is 3.03. The summed E-state index contributed by atoms with van der Waals surface area (Å²) in [6.07, 6.45) is 2.83. The van der Waals surface area contributed by atoms with Crippen molar-refractivity contribution in [1.82, 2.24) is 0 Å². The maximum Gasteiger partial charge on any atom is 0.343 e. The fraction of sp³-hybridized carbons (Fsp3) is 0.222. The summed E-state index contributed by atoms with van der Waals surface area (Å²) < 4.78 is 5.32. The molecule has 22 heavy (non-hydrogen) atoms. The van der Waals surface area contributed by atoms with Crippen molar-refractivity contribution < 1.29 is 9.21 Å². The molecule has 112 valence electrons. The first-order chi connectivity index (χ1) is 10.2. The van der Waals surface area contributed by atoms with Crippen molar-refractivity contribution in [1.29, 1.82) is 0 Å². The maximum atomic E-state index is 11.9. The Hall–Kier alpha value is -2.38. The van der Waals surface area contributed by atoms with E-state index in [1.807, 2.05) is 12.1 Å². The maximum absolute atomic E-state index is 11.9. The highest BCUT2D eigenvalue weighted by Gasteiger charge is 2.08. The lowest BCUT2D eigenvalue weighted by Gasteiger charge is -2.03. The van der Waals surface area contributed by atoms with E-state index in [0.717, 1.165) is 10.9 Å². The number of hydrogen-bond acceptors (Lipinski definition) is 3. The summed E-state index contributed by atoms with van der Waals surface area (Å²) in [7, 11) is -1.44. The lowest BCUT2D eigenvalue weighted by atomic mass is 10.1. The number of hydrogen-bond donors (Lipinski definition) is 0. The van der Waals surface area contributed by atoms with Crippen LogP contribution in [0.25, 0.3) is 17.0 Å². The third-order valence-electron chi connectivity index (χ3n) is 2.84. The summed E-state index contributed by atoms with van der Waals surface area (Å²) >= 11 is 0. The van der Waals surface area contributed by atoms with E-state index in [0.29, 0.717) is 11.1 Å². The van der Waals surface area contributed by atoms with Crippen LogP contribution in [0.4, 0.5) is 0 Å². The van der Waals surface area contributed by atoms with E-state index in [1.165, 1.54) is 19.1 Å². The van der Waals surface area contributed by atoms with Gasteiger partial charge >= 0.3 is 5.63 Å². The number of benzene rings is 1. The Morgan fingerprint density at radius 3 is 2.59 bits per heavy atom. The van der Waals surface area contributed by atoms with E-state index < -0.39 is 13.7 Å². The molecule has 4 heteroatoms. The Kier molecular flexibility index (Phi) is 4.48. The van der Waals surface area contributed by atoms with Crippen molar-refractivity contribution in [3.63, 3.8) is 0 Å². The molecule has 0 aliphatic rings. The van der Waals surface area contributed by atoms with Gasteiger partial charge in [0.25, 0.3) is 0 Å². The molecule has 0 amide bonds. The molecule has 1 aromatic carbocycles. The average molecular weight is 310 g/mol. The van der Waals surface area contributed by atoms with Gasteiger partial charge in [-0.25, -0.2) is 4.79 Å². The summed E-state index contributed by atoms with van der Waals surface area (Å²) in [6, 6.07) is 7.28. The van der Waals surface area contributed by atoms with Gasteiger partial charge in [0, 0.05) is 10.9 Å². The molecular weight excluding hydrogens is 292 g/mol. The molecule has 0 saturated heterocycles. The van der Waals surface area contributed by atoms with Crippen molar-refractivity contribution in [2.75, 3.05) is 0 Å². The number of ketones is 1. The Bertz CT molecular complexity index is 871. The molecule has 0 fully saturated rings. The van der Waals surface area contributed by atoms with Crippen molar-refractivity contribution in [2.45, 2.75) is 26.6 Å². The Morgan fingerprint density at radius 2 is 1.95 bits per heavy atom. The predicted octanol–water partition coefficient (Wildman–Crippen LogP) is 3.62. The van der Waals surface area contributed by atoms with Crippen LogP contribution >= 0.6 is 0 Å². The van der Waals surface area contributed by atoms with Crippen LogP contribution in [0.5, 0.6) is 0 Å². The summed E-state index contributed by atoms with van der Waals surface area (Å²) in [6.45, 7) is 7.96. The smallest absolute Gasteiger partial charge is 0.343 e. The van der Waals surface area contributed by atoms with Gasteiger partial charge in [0.2, 0.25) is 0 Å². The lowest BCUT2D eigenvalue weighted by Crippen LogP contribution is -2.16. The van der Waals surface area contributed by atoms with Crippen LogP contribution in [0.3, 0.4) is 0 Å². The van der Waals surface area contributed by atoms with E-state index in [4.69, 9.17) is 4.42 Å². The molecule has 0 bridgehead atoms. The zero-order chi connectivity index (χ0) is 16.3. The van der Waals surface area contributed by atoms with E-state index in [9.17, 15) is 9.59 Å². The van der Waals surface area contributed by atoms with Gasteiger partial charge in [-0.3, -0.25) is 4.79 Å². The molecule has 0 spiro atoms. The van der Waals surface area contributed by atoms with E-state index in [1.54, 1.807) is 12.1 Å². The van der Waals surface area contributed by atoms with Crippen molar-refractivity contribution >= 4 is 30.9 Å². The summed E-state index contributed by atoms with van der Waals surface area (Å²) in [5, 5.41) is 0.807. The minimum Gasteiger partial charge on any atom is -0.422 e. The molecule has 1 aromatic heterocycles. The second-order valence-electron chi connectivity index (χ2n) is 6.19. The van der Waals surface area contributed by atoms with Crippen LogP contribution in [0.2, 0.25) is 19.6 Å². The minimum atomic E-state index is -1.44. The Labute approximate surface area is 130 Å². The molecule has 2 aromatic rings. The molecule has 0 unspecified atom stereocenters. The topological polar surface area (TPSA) is 47.3 Å². The molecule has 0 saturated carbocycles. The fourth-order valence-corrected chi connectivity index (χ4v) is 2.31. The van der Waals surface area contributed by atoms with Crippen LogP contribution in [-0.4, -0.2) is 13.9 Å². The summed E-state index contributed by atoms with van der Waals surface area (Å²) in [5.41, 5.74) is 4.53. The third-order valence-corrected chi connectivity index (χ3v) is 3.72. The van der Waals surface area contributed by atoms with Gasteiger partial charge in [0.05, 0.1) is 5.56 Å². The monoisotopic (exact) mass is 310 g/mol. The second-order valence-corrected chi connectivity index (χ2v) is 10.9. The number of rotatable bonds is 2. The Balaban J connectivity index is 2.47. The minimum absolute atomic E-state index is 0.114. The van der Waals surface area contributed by atoms with Gasteiger partial charge in [0.1, 0.15) is 13.7 Å². The van der Waals surface area contributed by atoms with E-state index in [-0.39, 0.29) is 5.78 Å². The third kappa shape index (κ3) is 4.30. The highest BCUT2D eigenvalue weighted by molar-refractivity contribution is 6.83. The van der Waals surface area contributed by atoms with Crippen LogP contribution in [0, 0.1) is 11.5 Å². The van der Waals surface area contributed by atoms with Crippen LogP contribution in [0.1, 0.15) is 18.1 Å². The zero-order valence-electron chi connectivity index (χ0n) is 13.2. The second kappa shape index (κ2) is 6.16. The average Bonchev–Trinajstić information content (AvgIpc) is 2.41. The van der Waals surface area contributed by atoms with Gasteiger partial charge in [-0.05, 0) is 43.3 Å². The Morgan fingerprint density at radius 1 is 1.23 bits per heavy atom. The van der Waals surface area contributed by atoms with Gasteiger partial charge in [-0.2, -0.15) is 0 Å². The van der Waals surface area contributed by atoms with Gasteiger partial charge in [0.15, 0.2) is 5.78 Å². The molecule has 1 heterocycles. The molecule has 3 nitrogen and oxygen atoms in total. The number of allylic oxidation sites excluding steroid dienone is 1. The molecular formula is C18H18O3Si. The van der Waals surface area contributed by atoms with Crippen LogP contribution < -0.4 is 5.63 Å². The first kappa shape index (κ1) is 16.0. The molecule has 2 rings (SSSR count). The quantitative estimate of drug-likeness (QED) is 0.368. The van der Waals surface area contributed by atoms with Crippen molar-refractivity contribution in [3.8, 4) is 11.5 Å². The first-order valence-corrected chi connectivity index (χ1v) is 10.5. The molecule has 0 atom stereocenters. The van der Waals surface area contributed by atoms with Crippen LogP contribution in [0.15, 0.2) is 39.6 Å². The lowest BCUT2D eigenvalue weighted by molar-refractivity contribution is -0.112. The molecule has 0 aliphatic heterocycles. The van der Waals surface area contributed by atoms with Gasteiger partial charge in [-0.1, -0.05) is 25.6 Å². The standard InChI is InChI=1S/C18H18O3Si/c1-13(19)5-7-16-12-15-8-6-14(9-10-22(2,3)4)11-17(15)21-18(16)20/h5-8,11-12H,1-4H3/b7-5+. The molecule has 0 N–H and O–H groups in total. The fourth-order valence-electron chi connectivity index (χ4n) is 1.79. The highest BCUT2D eigenvalue weighted by Crippen LogP contribution is 2.16. The van der Waals surface area contributed by atoms with E-state index >= 15 is 0 Å². The van der Waals surface area contributed by atoms with Crippen LogP contribution in [-0.2, 0) is 4.79 Å². The normalized spacial score (nSPS) is 11.5. The van der Waals surface area contributed by atoms with Crippen molar-refractivity contribution in [2.24, 2.45) is 0 Å². The highest BCUT2D eigenvalue weighted by atomic mass is 28.3. The SMILES string of the molecule is CC(=O)/C=C/c1cc2ccc(C#C[Si](C)(C)C)cc2oc1=O. The molecule has 0 radical (unpaired) electrons. The zero-order valence-corrected chi connectivity index (χ0v) is 14.2. The van der Waals surface area contributed by atoms with E-state index in [2.05, 4.69) is 31.1 Å². The number of carbonyl (C=O) groups is 1. The number of fused-ring (bicyclic) bond motifs is 1. The largest absolute Gasteiger partial charge is 0.422 e. The molecule has 0 aliphatic carbocycles. The number of carbonyl (C=O) groups excluding carboxylic acids is 1. The first-order valence-electron chi connectivity index (χ1n) is 7.04. The predicted molar refractivity (Wildman–Crippen MR) is 92.4 cm³/mol. The summed E-state index contributed by atoms with van der Waals surface area (Å²) in [4.78, 5) is 22.9. The van der Waals surface area contributed by atoms with Gasteiger partial charge in [-0.15, -0.1) is 5.54 Å². The van der Waals surface area contributed by atoms with Gasteiger partial charge < -0.3 is 4.42 Å².